The first-order valence-electron chi connectivity index (χ1n) is 33.7. The van der Waals surface area contributed by atoms with Gasteiger partial charge in [0.25, 0.3) is 0 Å². The SMILES string of the molecule is FC(F)(F)Oc1ccc(-c2cc(-c3ccc(OC(F)(F)F)cc3)cc(-c3ccc4c(c3)Oc3ccc(-c5ccnc(-c6ccc(-c7nc(-c8ccccc8)nc(-c8ccc9c(c8)Oc8ccccc8C98c9ccccc9-c9ccccc98)n7)cc6)c5)cc3C43c4ccccc4-c4ccccc43)c2)cc1. The minimum Gasteiger partial charge on any atom is -0.457 e. The van der Waals surface area contributed by atoms with E-state index in [1.54, 1.807) is 0 Å². The van der Waals surface area contributed by atoms with E-state index in [1.165, 1.54) is 70.8 Å². The molecular weight excluding hydrogens is 1320 g/mol. The van der Waals surface area contributed by atoms with Gasteiger partial charge in [0.15, 0.2) is 17.5 Å². The summed E-state index contributed by atoms with van der Waals surface area (Å²) in [4.78, 5) is 20.4. The number of nitrogens with zero attached hydrogens (tertiary/aromatic N) is 4. The minimum absolute atomic E-state index is 0.386. The smallest absolute Gasteiger partial charge is 0.457 e. The van der Waals surface area contributed by atoms with Crippen molar-refractivity contribution in [1.82, 2.24) is 19.9 Å². The van der Waals surface area contributed by atoms with Crippen molar-refractivity contribution in [3.63, 3.8) is 0 Å². The van der Waals surface area contributed by atoms with Crippen LogP contribution >= 0.6 is 0 Å². The second-order valence-corrected chi connectivity index (χ2v) is 26.1. The number of hydrogen-bond acceptors (Lipinski definition) is 8. The van der Waals surface area contributed by atoms with Crippen molar-refractivity contribution >= 4 is 0 Å². The summed E-state index contributed by atoms with van der Waals surface area (Å²) in [6, 6.07) is 100. The number of ether oxygens (including phenoxy) is 4. The third kappa shape index (κ3) is 10.2. The lowest BCUT2D eigenvalue weighted by atomic mass is 9.65. The van der Waals surface area contributed by atoms with Gasteiger partial charge in [-0.15, -0.1) is 26.3 Å². The van der Waals surface area contributed by atoms with Gasteiger partial charge in [-0.3, -0.25) is 4.98 Å². The Morgan fingerprint density at radius 2 is 0.606 bits per heavy atom. The van der Waals surface area contributed by atoms with E-state index in [0.29, 0.717) is 56.8 Å². The average molecular weight is 1370 g/mol. The Morgan fingerprint density at radius 1 is 0.250 bits per heavy atom. The quantitative estimate of drug-likeness (QED) is 0.125. The highest BCUT2D eigenvalue weighted by Gasteiger charge is 2.53. The zero-order chi connectivity index (χ0) is 70.1. The molecule has 0 amide bonds. The number of alkyl halides is 6. The standard InChI is InChI=1S/C90H52F6N4O4/c91-89(92,93)103-65-37-30-53(31-38-65)62-46-63(54-32-39-66(40-33-54)104-90(94,95)96)48-64(47-62)59-34-41-77-82(51-59)102-81-43-36-58(49-78(81)88(77)73-22-10-6-18-69(73)70-19-7-11-23-74(70)88)60-44-45-97-79(50-60)55-26-28-57(29-27-55)85-98-84(56-14-2-1-3-15-56)99-86(100-85)61-35-42-76-83(52-61)101-80-25-13-12-24-75(80)87(76)71-20-8-4-16-67(71)68-17-5-9-21-72(68)87/h1-52H. The summed E-state index contributed by atoms with van der Waals surface area (Å²) in [7, 11) is 0. The van der Waals surface area contributed by atoms with Crippen LogP contribution in [0.1, 0.15) is 44.5 Å². The summed E-state index contributed by atoms with van der Waals surface area (Å²) in [5.41, 5.74) is 21.3. The van der Waals surface area contributed by atoms with Gasteiger partial charge in [-0.05, 0) is 174 Å². The van der Waals surface area contributed by atoms with Gasteiger partial charge < -0.3 is 18.9 Å². The molecule has 0 radical (unpaired) electrons. The maximum atomic E-state index is 13.3. The number of fused-ring (bicyclic) bond motifs is 18. The highest BCUT2D eigenvalue weighted by Crippen LogP contribution is 2.65. The van der Waals surface area contributed by atoms with Crippen LogP contribution in [0.2, 0.25) is 0 Å². The van der Waals surface area contributed by atoms with Crippen LogP contribution in [-0.4, -0.2) is 32.7 Å². The predicted molar refractivity (Wildman–Crippen MR) is 389 cm³/mol. The van der Waals surface area contributed by atoms with Crippen LogP contribution in [0.4, 0.5) is 26.3 Å². The molecule has 2 spiro atoms. The van der Waals surface area contributed by atoms with Gasteiger partial charge in [0.2, 0.25) is 0 Å². The molecule has 2 aromatic heterocycles. The molecule has 4 heterocycles. The second kappa shape index (κ2) is 23.7. The van der Waals surface area contributed by atoms with Crippen molar-refractivity contribution in [2.45, 2.75) is 23.6 Å². The first-order valence-corrected chi connectivity index (χ1v) is 33.7. The number of hydrogen-bond donors (Lipinski definition) is 0. The van der Waals surface area contributed by atoms with Gasteiger partial charge in [-0.25, -0.2) is 15.0 Å². The van der Waals surface area contributed by atoms with Crippen molar-refractivity contribution < 1.29 is 45.3 Å². The van der Waals surface area contributed by atoms with Crippen molar-refractivity contribution in [2.24, 2.45) is 0 Å². The molecule has 0 saturated carbocycles. The maximum Gasteiger partial charge on any atom is 0.573 e. The lowest BCUT2D eigenvalue weighted by Gasteiger charge is -2.40. The van der Waals surface area contributed by atoms with Gasteiger partial charge in [0.1, 0.15) is 34.5 Å². The molecule has 0 fully saturated rings. The molecule has 4 aliphatic rings. The van der Waals surface area contributed by atoms with E-state index in [0.717, 1.165) is 101 Å². The fraction of sp³-hybridized carbons (Fsp3) is 0.0444. The number of halogens is 6. The Hall–Kier alpha value is -13.2. The molecule has 14 heteroatoms. The minimum atomic E-state index is -4.89. The second-order valence-electron chi connectivity index (χ2n) is 26.1. The molecule has 2 aliphatic heterocycles. The molecule has 0 N–H and O–H groups in total. The van der Waals surface area contributed by atoms with Crippen LogP contribution in [-0.2, 0) is 10.8 Å². The summed E-state index contributed by atoms with van der Waals surface area (Å²) >= 11 is 0. The van der Waals surface area contributed by atoms with E-state index in [-0.39, 0.29) is 11.5 Å². The summed E-state index contributed by atoms with van der Waals surface area (Å²) in [6.45, 7) is 0. The molecule has 15 aromatic rings. The number of pyridine rings is 1. The maximum absolute atomic E-state index is 13.3. The van der Waals surface area contributed by atoms with Gasteiger partial charge >= 0.3 is 12.7 Å². The number of aromatic nitrogens is 4. The molecule has 8 nitrogen and oxygen atoms in total. The molecule has 2 aliphatic carbocycles. The largest absolute Gasteiger partial charge is 0.573 e. The summed E-state index contributed by atoms with van der Waals surface area (Å²) < 4.78 is 102. The fourth-order valence-electron chi connectivity index (χ4n) is 16.0. The van der Waals surface area contributed by atoms with Crippen LogP contribution in [0, 0.1) is 0 Å². The zero-order valence-electron chi connectivity index (χ0n) is 54.7. The van der Waals surface area contributed by atoms with E-state index in [1.807, 2.05) is 115 Å². The third-order valence-corrected chi connectivity index (χ3v) is 20.4. The lowest BCUT2D eigenvalue weighted by molar-refractivity contribution is -0.275. The molecular formula is C90H52F6N4O4. The van der Waals surface area contributed by atoms with Crippen LogP contribution in [0.5, 0.6) is 34.5 Å². The van der Waals surface area contributed by atoms with Crippen molar-refractivity contribution in [1.29, 1.82) is 0 Å². The van der Waals surface area contributed by atoms with E-state index in [2.05, 4.69) is 161 Å². The summed E-state index contributed by atoms with van der Waals surface area (Å²) in [5.74, 6) is 3.50. The van der Waals surface area contributed by atoms with Crippen LogP contribution in [0.15, 0.2) is 316 Å². The van der Waals surface area contributed by atoms with Crippen LogP contribution < -0.4 is 18.9 Å². The fourth-order valence-corrected chi connectivity index (χ4v) is 16.0. The lowest BCUT2D eigenvalue weighted by Crippen LogP contribution is -2.32. The van der Waals surface area contributed by atoms with E-state index in [4.69, 9.17) is 29.4 Å². The molecule has 104 heavy (non-hydrogen) atoms. The normalized spacial score (nSPS) is 13.6. The Labute approximate surface area is 592 Å². The first kappa shape index (κ1) is 61.9. The Bertz CT molecular complexity index is 5810. The van der Waals surface area contributed by atoms with Gasteiger partial charge in [0.05, 0.1) is 16.5 Å². The van der Waals surface area contributed by atoms with Gasteiger partial charge in [-0.1, -0.05) is 224 Å². The molecule has 0 saturated heterocycles. The Morgan fingerprint density at radius 3 is 1.12 bits per heavy atom. The van der Waals surface area contributed by atoms with Gasteiger partial charge in [0, 0.05) is 50.7 Å². The predicted octanol–water partition coefficient (Wildman–Crippen LogP) is 23.3. The average Bonchev–Trinajstić information content (AvgIpc) is 1.49. The number of para-hydroxylation sites is 1. The Balaban J connectivity index is 0.674. The number of benzene rings is 13. The van der Waals surface area contributed by atoms with Crippen LogP contribution in [0.3, 0.4) is 0 Å². The molecule has 13 aromatic carbocycles. The van der Waals surface area contributed by atoms with Crippen molar-refractivity contribution in [2.75, 3.05) is 0 Å². The van der Waals surface area contributed by atoms with E-state index in [9.17, 15) is 26.3 Å². The third-order valence-electron chi connectivity index (χ3n) is 20.4. The molecule has 0 bridgehead atoms. The highest BCUT2D eigenvalue weighted by molar-refractivity contribution is 5.92. The van der Waals surface area contributed by atoms with Crippen molar-refractivity contribution in [3.05, 3.63) is 360 Å². The molecule has 0 atom stereocenters. The first-order chi connectivity index (χ1) is 50.7. The van der Waals surface area contributed by atoms with Crippen LogP contribution in [0.25, 0.3) is 112 Å². The molecule has 19 rings (SSSR count). The summed E-state index contributed by atoms with van der Waals surface area (Å²) in [6.07, 6.45) is -7.95. The topological polar surface area (TPSA) is 88.5 Å². The van der Waals surface area contributed by atoms with Crippen molar-refractivity contribution in [3.8, 4) is 147 Å². The molecule has 498 valence electrons. The molecule has 0 unspecified atom stereocenters. The highest BCUT2D eigenvalue weighted by atomic mass is 19.4. The number of rotatable bonds is 10. The van der Waals surface area contributed by atoms with E-state index >= 15 is 0 Å². The van der Waals surface area contributed by atoms with E-state index < -0.39 is 23.6 Å². The van der Waals surface area contributed by atoms with Gasteiger partial charge in [-0.2, -0.15) is 0 Å². The Kier molecular flexibility index (Phi) is 14.1. The zero-order valence-corrected chi connectivity index (χ0v) is 54.7. The summed E-state index contributed by atoms with van der Waals surface area (Å²) in [5, 5.41) is 0. The monoisotopic (exact) mass is 1370 g/mol.